The van der Waals surface area contributed by atoms with Gasteiger partial charge < -0.3 is 10.3 Å². The number of nitrogens with one attached hydrogen (secondary N) is 3. The predicted octanol–water partition coefficient (Wildman–Crippen LogP) is 5.28. The Labute approximate surface area is 196 Å². The number of carbonyl (C=O) groups is 1. The Bertz CT molecular complexity index is 1560. The molecule has 0 aliphatic carbocycles. The summed E-state index contributed by atoms with van der Waals surface area (Å²) in [5, 5.41) is 2.80. The molecular weight excluding hydrogens is 448 g/mol. The van der Waals surface area contributed by atoms with E-state index in [1.54, 1.807) is 42.5 Å². The second kappa shape index (κ2) is 8.84. The zero-order valence-electron chi connectivity index (χ0n) is 17.9. The lowest BCUT2D eigenvalue weighted by molar-refractivity contribution is 0.102. The first kappa shape index (κ1) is 21.4. The zero-order chi connectivity index (χ0) is 23.5. The van der Waals surface area contributed by atoms with Crippen LogP contribution >= 0.6 is 0 Å². The highest BCUT2D eigenvalue weighted by molar-refractivity contribution is 7.92. The largest absolute Gasteiger partial charge is 0.338 e. The van der Waals surface area contributed by atoms with Crippen LogP contribution in [-0.2, 0) is 10.0 Å². The summed E-state index contributed by atoms with van der Waals surface area (Å²) in [6.45, 7) is 0. The molecule has 3 N–H and O–H groups in total. The van der Waals surface area contributed by atoms with Crippen molar-refractivity contribution in [2.24, 2.45) is 0 Å². The van der Waals surface area contributed by atoms with E-state index in [-0.39, 0.29) is 10.8 Å². The minimum absolute atomic E-state index is 0.0945. The topological polar surface area (TPSA) is 104 Å². The SMILES string of the molecule is O=C(Nc1ccccc1)c1ccc(NS(=O)(=O)c2ccc3[nH]c(-c4ccccc4)nc3c2)cc1. The summed E-state index contributed by atoms with van der Waals surface area (Å²) < 4.78 is 28.5. The first-order valence-electron chi connectivity index (χ1n) is 10.5. The van der Waals surface area contributed by atoms with Gasteiger partial charge in [-0.15, -0.1) is 0 Å². The number of rotatable bonds is 6. The molecule has 0 aliphatic heterocycles. The fourth-order valence-electron chi connectivity index (χ4n) is 3.51. The predicted molar refractivity (Wildman–Crippen MR) is 133 cm³/mol. The van der Waals surface area contributed by atoms with Crippen molar-refractivity contribution in [1.82, 2.24) is 9.97 Å². The van der Waals surface area contributed by atoms with Gasteiger partial charge in [-0.3, -0.25) is 9.52 Å². The Hall–Kier alpha value is -4.43. The van der Waals surface area contributed by atoms with Crippen LogP contribution in [-0.4, -0.2) is 24.3 Å². The molecule has 0 spiro atoms. The summed E-state index contributed by atoms with van der Waals surface area (Å²) in [6, 6.07) is 29.7. The summed E-state index contributed by atoms with van der Waals surface area (Å²) in [6.07, 6.45) is 0. The van der Waals surface area contributed by atoms with Crippen LogP contribution in [0.1, 0.15) is 10.4 Å². The van der Waals surface area contributed by atoms with Gasteiger partial charge in [0.2, 0.25) is 0 Å². The fraction of sp³-hybridized carbons (Fsp3) is 0. The lowest BCUT2D eigenvalue weighted by Crippen LogP contribution is -2.14. The number of carbonyl (C=O) groups excluding carboxylic acids is 1. The van der Waals surface area contributed by atoms with Gasteiger partial charge in [0.15, 0.2) is 0 Å². The number of sulfonamides is 1. The molecule has 4 aromatic carbocycles. The molecule has 8 heteroatoms. The van der Waals surface area contributed by atoms with E-state index in [0.717, 1.165) is 11.1 Å². The van der Waals surface area contributed by atoms with Crippen molar-refractivity contribution in [2.45, 2.75) is 4.90 Å². The van der Waals surface area contributed by atoms with Crippen molar-refractivity contribution in [3.63, 3.8) is 0 Å². The number of benzene rings is 4. The number of anilines is 2. The number of hydrogen-bond donors (Lipinski definition) is 3. The highest BCUT2D eigenvalue weighted by atomic mass is 32.2. The van der Waals surface area contributed by atoms with Gasteiger partial charge in [-0.1, -0.05) is 48.5 Å². The van der Waals surface area contributed by atoms with Gasteiger partial charge in [-0.25, -0.2) is 13.4 Å². The Morgan fingerprint density at radius 3 is 2.15 bits per heavy atom. The van der Waals surface area contributed by atoms with Gasteiger partial charge >= 0.3 is 0 Å². The van der Waals surface area contributed by atoms with Crippen molar-refractivity contribution in [3.8, 4) is 11.4 Å². The van der Waals surface area contributed by atoms with Crippen LogP contribution in [0.2, 0.25) is 0 Å². The Morgan fingerprint density at radius 1 is 0.765 bits per heavy atom. The van der Waals surface area contributed by atoms with E-state index in [9.17, 15) is 13.2 Å². The molecule has 0 radical (unpaired) electrons. The van der Waals surface area contributed by atoms with Gasteiger partial charge in [0, 0.05) is 22.5 Å². The molecule has 5 aromatic rings. The third-order valence-electron chi connectivity index (χ3n) is 5.24. The second-order valence-corrected chi connectivity index (χ2v) is 9.32. The van der Waals surface area contributed by atoms with Gasteiger partial charge in [0.25, 0.3) is 15.9 Å². The molecule has 34 heavy (non-hydrogen) atoms. The maximum absolute atomic E-state index is 13.0. The lowest BCUT2D eigenvalue weighted by atomic mass is 10.2. The van der Waals surface area contributed by atoms with E-state index in [2.05, 4.69) is 20.0 Å². The number of aromatic nitrogens is 2. The Kier molecular flexibility index (Phi) is 5.57. The summed E-state index contributed by atoms with van der Waals surface area (Å²) in [4.78, 5) is 20.2. The fourth-order valence-corrected chi connectivity index (χ4v) is 4.59. The van der Waals surface area contributed by atoms with Crippen molar-refractivity contribution < 1.29 is 13.2 Å². The molecule has 0 saturated heterocycles. The van der Waals surface area contributed by atoms with Crippen LogP contribution < -0.4 is 10.0 Å². The van der Waals surface area contributed by atoms with Gasteiger partial charge in [-0.05, 0) is 54.6 Å². The molecule has 0 bridgehead atoms. The minimum Gasteiger partial charge on any atom is -0.338 e. The van der Waals surface area contributed by atoms with E-state index in [1.165, 1.54) is 12.1 Å². The lowest BCUT2D eigenvalue weighted by Gasteiger charge is -2.09. The van der Waals surface area contributed by atoms with Crippen LogP contribution in [0.5, 0.6) is 0 Å². The average molecular weight is 469 g/mol. The molecule has 168 valence electrons. The third kappa shape index (κ3) is 4.53. The molecule has 1 amide bonds. The van der Waals surface area contributed by atoms with Crippen molar-refractivity contribution in [1.29, 1.82) is 0 Å². The normalized spacial score (nSPS) is 11.3. The monoisotopic (exact) mass is 468 g/mol. The molecule has 5 rings (SSSR count). The van der Waals surface area contributed by atoms with Gasteiger partial charge in [-0.2, -0.15) is 0 Å². The Morgan fingerprint density at radius 2 is 1.44 bits per heavy atom. The number of para-hydroxylation sites is 1. The molecule has 0 saturated carbocycles. The van der Waals surface area contributed by atoms with Gasteiger partial charge in [0.1, 0.15) is 5.82 Å². The number of hydrogen-bond acceptors (Lipinski definition) is 4. The first-order valence-corrected chi connectivity index (χ1v) is 12.0. The number of aromatic amines is 1. The van der Waals surface area contributed by atoms with Crippen LogP contribution in [0.25, 0.3) is 22.4 Å². The third-order valence-corrected chi connectivity index (χ3v) is 6.62. The van der Waals surface area contributed by atoms with E-state index >= 15 is 0 Å². The number of amides is 1. The van der Waals surface area contributed by atoms with Crippen LogP contribution in [0.15, 0.2) is 108 Å². The van der Waals surface area contributed by atoms with Gasteiger partial charge in [0.05, 0.1) is 15.9 Å². The number of fused-ring (bicyclic) bond motifs is 1. The van der Waals surface area contributed by atoms with E-state index < -0.39 is 10.0 Å². The maximum atomic E-state index is 13.0. The summed E-state index contributed by atoms with van der Waals surface area (Å²) in [5.41, 5.74) is 3.65. The number of H-pyrrole nitrogens is 1. The molecule has 1 aromatic heterocycles. The molecule has 0 aliphatic rings. The van der Waals surface area contributed by atoms with Crippen LogP contribution in [0, 0.1) is 0 Å². The summed E-state index contributed by atoms with van der Waals surface area (Å²) in [7, 11) is -3.85. The van der Waals surface area contributed by atoms with E-state index in [0.29, 0.717) is 28.3 Å². The average Bonchev–Trinajstić information content (AvgIpc) is 3.29. The van der Waals surface area contributed by atoms with Crippen LogP contribution in [0.4, 0.5) is 11.4 Å². The molecule has 1 heterocycles. The zero-order valence-corrected chi connectivity index (χ0v) is 18.7. The van der Waals surface area contributed by atoms with E-state index in [4.69, 9.17) is 0 Å². The maximum Gasteiger partial charge on any atom is 0.261 e. The minimum atomic E-state index is -3.85. The molecule has 0 unspecified atom stereocenters. The first-order chi connectivity index (χ1) is 16.5. The summed E-state index contributed by atoms with van der Waals surface area (Å²) in [5.74, 6) is 0.390. The highest BCUT2D eigenvalue weighted by Gasteiger charge is 2.17. The Balaban J connectivity index is 1.33. The summed E-state index contributed by atoms with van der Waals surface area (Å²) >= 11 is 0. The number of nitrogens with zero attached hydrogens (tertiary/aromatic N) is 1. The smallest absolute Gasteiger partial charge is 0.261 e. The molecule has 7 nitrogen and oxygen atoms in total. The second-order valence-electron chi connectivity index (χ2n) is 7.63. The molecular formula is C26H20N4O3S. The van der Waals surface area contributed by atoms with Crippen molar-refractivity contribution in [2.75, 3.05) is 10.0 Å². The van der Waals surface area contributed by atoms with Crippen molar-refractivity contribution in [3.05, 3.63) is 109 Å². The highest BCUT2D eigenvalue weighted by Crippen LogP contribution is 2.24. The standard InChI is InChI=1S/C26H20N4O3S/c31-26(27-20-9-5-2-6-10-20)19-11-13-21(14-12-19)30-34(32,33)22-15-16-23-24(17-22)29-25(28-23)18-7-3-1-4-8-18/h1-17,30H,(H,27,31)(H,28,29). The molecule has 0 fully saturated rings. The number of imidazole rings is 1. The van der Waals surface area contributed by atoms with Crippen LogP contribution in [0.3, 0.4) is 0 Å². The molecule has 0 atom stereocenters. The van der Waals surface area contributed by atoms with E-state index in [1.807, 2.05) is 48.5 Å². The van der Waals surface area contributed by atoms with Crippen molar-refractivity contribution >= 4 is 38.3 Å². The quantitative estimate of drug-likeness (QED) is 0.315.